The molecule has 1 rings (SSSR count). The van der Waals surface area contributed by atoms with Crippen molar-refractivity contribution in [1.29, 1.82) is 0 Å². The standard InChI is InChI=1S/C7H13N2O/c1-5-7(3-4-8-5)9-6(2)10/h5,7H,3-4H2,1-2H3,(H,9,10). The molecule has 0 saturated carbocycles. The molecular weight excluding hydrogens is 128 g/mol. The fourth-order valence-corrected chi connectivity index (χ4v) is 1.24. The van der Waals surface area contributed by atoms with Gasteiger partial charge in [0.25, 0.3) is 0 Å². The Hall–Kier alpha value is -0.570. The van der Waals surface area contributed by atoms with Crippen LogP contribution in [0.1, 0.15) is 20.3 Å². The van der Waals surface area contributed by atoms with Crippen LogP contribution in [0.5, 0.6) is 0 Å². The van der Waals surface area contributed by atoms with Crippen LogP contribution in [0.25, 0.3) is 0 Å². The summed E-state index contributed by atoms with van der Waals surface area (Å²) in [7, 11) is 0. The predicted octanol–water partition coefficient (Wildman–Crippen LogP) is -0.112. The highest BCUT2D eigenvalue weighted by Gasteiger charge is 2.23. The Morgan fingerprint density at radius 1 is 1.70 bits per heavy atom. The van der Waals surface area contributed by atoms with Crippen molar-refractivity contribution in [2.45, 2.75) is 32.4 Å². The van der Waals surface area contributed by atoms with E-state index in [2.05, 4.69) is 10.6 Å². The molecule has 1 fully saturated rings. The van der Waals surface area contributed by atoms with E-state index in [-0.39, 0.29) is 11.9 Å². The van der Waals surface area contributed by atoms with Crippen LogP contribution in [0.2, 0.25) is 0 Å². The average Bonchev–Trinajstić information content (AvgIpc) is 2.15. The van der Waals surface area contributed by atoms with E-state index in [0.717, 1.165) is 13.0 Å². The van der Waals surface area contributed by atoms with Gasteiger partial charge in [-0.3, -0.25) is 4.79 Å². The largest absolute Gasteiger partial charge is 0.352 e. The molecule has 1 saturated heterocycles. The van der Waals surface area contributed by atoms with Crippen molar-refractivity contribution in [2.24, 2.45) is 0 Å². The highest BCUT2D eigenvalue weighted by atomic mass is 16.1. The second-order valence-corrected chi connectivity index (χ2v) is 2.74. The van der Waals surface area contributed by atoms with E-state index >= 15 is 0 Å². The lowest BCUT2D eigenvalue weighted by Gasteiger charge is -2.13. The summed E-state index contributed by atoms with van der Waals surface area (Å²) in [4.78, 5) is 10.6. The van der Waals surface area contributed by atoms with E-state index in [1.54, 1.807) is 6.92 Å². The Morgan fingerprint density at radius 2 is 2.40 bits per heavy atom. The minimum absolute atomic E-state index is 0.0500. The summed E-state index contributed by atoms with van der Waals surface area (Å²) >= 11 is 0. The molecule has 1 aliphatic rings. The smallest absolute Gasteiger partial charge is 0.217 e. The third kappa shape index (κ3) is 1.70. The number of rotatable bonds is 1. The van der Waals surface area contributed by atoms with Crippen molar-refractivity contribution in [3.8, 4) is 0 Å². The van der Waals surface area contributed by atoms with Crippen molar-refractivity contribution in [1.82, 2.24) is 10.6 Å². The first kappa shape index (κ1) is 7.54. The van der Waals surface area contributed by atoms with E-state index in [1.165, 1.54) is 0 Å². The van der Waals surface area contributed by atoms with Gasteiger partial charge in [-0.05, 0) is 13.3 Å². The highest BCUT2D eigenvalue weighted by molar-refractivity contribution is 5.73. The lowest BCUT2D eigenvalue weighted by molar-refractivity contribution is -0.119. The van der Waals surface area contributed by atoms with Crippen LogP contribution in [0, 0.1) is 0 Å². The zero-order valence-corrected chi connectivity index (χ0v) is 6.42. The summed E-state index contributed by atoms with van der Waals surface area (Å²) in [6.45, 7) is 4.48. The molecule has 0 spiro atoms. The van der Waals surface area contributed by atoms with Crippen LogP contribution >= 0.6 is 0 Å². The van der Waals surface area contributed by atoms with E-state index in [4.69, 9.17) is 0 Å². The van der Waals surface area contributed by atoms with Crippen molar-refractivity contribution >= 4 is 5.91 Å². The normalized spacial score (nSPS) is 32.2. The van der Waals surface area contributed by atoms with Crippen LogP contribution in [0.3, 0.4) is 0 Å². The molecular formula is C7H13N2O. The van der Waals surface area contributed by atoms with Crippen LogP contribution < -0.4 is 10.6 Å². The summed E-state index contributed by atoms with van der Waals surface area (Å²) in [5, 5.41) is 7.11. The molecule has 1 amide bonds. The average molecular weight is 141 g/mol. The molecule has 10 heavy (non-hydrogen) atoms. The Morgan fingerprint density at radius 3 is 2.80 bits per heavy atom. The van der Waals surface area contributed by atoms with Crippen molar-refractivity contribution in [3.63, 3.8) is 0 Å². The van der Waals surface area contributed by atoms with Crippen molar-refractivity contribution in [2.75, 3.05) is 6.54 Å². The third-order valence-corrected chi connectivity index (χ3v) is 1.83. The monoisotopic (exact) mass is 141 g/mol. The molecule has 1 heterocycles. The van der Waals surface area contributed by atoms with E-state index in [9.17, 15) is 4.79 Å². The van der Waals surface area contributed by atoms with Gasteiger partial charge in [-0.25, -0.2) is 5.32 Å². The third-order valence-electron chi connectivity index (χ3n) is 1.83. The Balaban J connectivity index is 2.33. The first-order chi connectivity index (χ1) is 4.70. The molecule has 2 unspecified atom stereocenters. The maximum absolute atomic E-state index is 10.6. The molecule has 1 aliphatic heterocycles. The summed E-state index contributed by atoms with van der Waals surface area (Å²) in [6, 6.07) is 0.599. The van der Waals surface area contributed by atoms with E-state index < -0.39 is 0 Å². The molecule has 0 bridgehead atoms. The molecule has 2 atom stereocenters. The molecule has 57 valence electrons. The van der Waals surface area contributed by atoms with Gasteiger partial charge in [0, 0.05) is 25.6 Å². The molecule has 0 aromatic rings. The second-order valence-electron chi connectivity index (χ2n) is 2.74. The number of hydrogen-bond acceptors (Lipinski definition) is 1. The van der Waals surface area contributed by atoms with Crippen LogP contribution in [0.4, 0.5) is 0 Å². The Labute approximate surface area is 61.2 Å². The molecule has 1 N–H and O–H groups in total. The van der Waals surface area contributed by atoms with Gasteiger partial charge in [0.05, 0.1) is 0 Å². The minimum Gasteiger partial charge on any atom is -0.352 e. The maximum atomic E-state index is 10.6. The van der Waals surface area contributed by atoms with E-state index in [0.29, 0.717) is 6.04 Å². The molecule has 3 heteroatoms. The first-order valence-corrected chi connectivity index (χ1v) is 3.64. The topological polar surface area (TPSA) is 43.2 Å². The maximum Gasteiger partial charge on any atom is 0.217 e. The zero-order chi connectivity index (χ0) is 7.56. The number of nitrogens with one attached hydrogen (secondary N) is 1. The SMILES string of the molecule is CC(=O)NC1CC[N]C1C. The van der Waals surface area contributed by atoms with Gasteiger partial charge < -0.3 is 5.32 Å². The zero-order valence-electron chi connectivity index (χ0n) is 6.42. The fourth-order valence-electron chi connectivity index (χ4n) is 1.24. The minimum atomic E-state index is 0.0500. The van der Waals surface area contributed by atoms with Crippen LogP contribution in [-0.2, 0) is 4.79 Å². The van der Waals surface area contributed by atoms with Gasteiger partial charge in [0.15, 0.2) is 0 Å². The lowest BCUT2D eigenvalue weighted by Crippen LogP contribution is -2.39. The van der Waals surface area contributed by atoms with E-state index in [1.807, 2.05) is 6.92 Å². The van der Waals surface area contributed by atoms with Crippen molar-refractivity contribution < 1.29 is 4.79 Å². The lowest BCUT2D eigenvalue weighted by atomic mass is 10.1. The van der Waals surface area contributed by atoms with Crippen molar-refractivity contribution in [3.05, 3.63) is 0 Å². The molecule has 3 nitrogen and oxygen atoms in total. The summed E-state index contributed by atoms with van der Waals surface area (Å²) < 4.78 is 0. The predicted molar refractivity (Wildman–Crippen MR) is 38.7 cm³/mol. The van der Waals surface area contributed by atoms with Crippen LogP contribution in [-0.4, -0.2) is 24.5 Å². The van der Waals surface area contributed by atoms with Gasteiger partial charge in [-0.2, -0.15) is 0 Å². The van der Waals surface area contributed by atoms with Crippen LogP contribution in [0.15, 0.2) is 0 Å². The first-order valence-electron chi connectivity index (χ1n) is 3.64. The Kier molecular flexibility index (Phi) is 2.27. The molecule has 0 aromatic carbocycles. The number of carbonyl (C=O) groups is 1. The van der Waals surface area contributed by atoms with Gasteiger partial charge in [0.1, 0.15) is 0 Å². The summed E-state index contributed by atoms with van der Waals surface area (Å²) in [5.41, 5.74) is 0. The number of nitrogens with zero attached hydrogens (tertiary/aromatic N) is 1. The molecule has 0 aromatic heterocycles. The van der Waals surface area contributed by atoms with Gasteiger partial charge >= 0.3 is 0 Å². The van der Waals surface area contributed by atoms with Gasteiger partial charge in [-0.15, -0.1) is 0 Å². The molecule has 1 radical (unpaired) electrons. The second kappa shape index (κ2) is 3.01. The van der Waals surface area contributed by atoms with Gasteiger partial charge in [0.2, 0.25) is 5.91 Å². The fraction of sp³-hybridized carbons (Fsp3) is 0.857. The number of amides is 1. The Bertz CT molecular complexity index is 136. The highest BCUT2D eigenvalue weighted by Crippen LogP contribution is 2.06. The number of carbonyl (C=O) groups excluding carboxylic acids is 1. The van der Waals surface area contributed by atoms with Gasteiger partial charge in [-0.1, -0.05) is 0 Å². The number of hydrogen-bond donors (Lipinski definition) is 1. The quantitative estimate of drug-likeness (QED) is 0.544. The summed E-state index contributed by atoms with van der Waals surface area (Å²) in [5.74, 6) is 0.0500. The molecule has 0 aliphatic carbocycles. The summed E-state index contributed by atoms with van der Waals surface area (Å²) in [6.07, 6.45) is 1.00.